The Bertz CT molecular complexity index is 1090. The Balaban J connectivity index is 1.61. The summed E-state index contributed by atoms with van der Waals surface area (Å²) < 4.78 is 2.66. The lowest BCUT2D eigenvalue weighted by atomic mass is 10.00. The SMILES string of the molecule is N#CC1(NC(=O)Cn2cnc3c(nnn3-c3ccccc3)c2=O)CCCC1. The van der Waals surface area contributed by atoms with Crippen molar-refractivity contribution < 1.29 is 4.79 Å². The summed E-state index contributed by atoms with van der Waals surface area (Å²) in [4.78, 5) is 29.3. The fourth-order valence-electron chi connectivity index (χ4n) is 3.40. The molecule has 1 saturated carbocycles. The first-order valence-electron chi connectivity index (χ1n) is 8.70. The van der Waals surface area contributed by atoms with E-state index in [2.05, 4.69) is 26.7 Å². The molecule has 0 aliphatic heterocycles. The van der Waals surface area contributed by atoms with E-state index >= 15 is 0 Å². The maximum atomic E-state index is 12.7. The van der Waals surface area contributed by atoms with E-state index in [1.54, 1.807) is 0 Å². The molecule has 1 N–H and O–H groups in total. The van der Waals surface area contributed by atoms with E-state index in [1.165, 1.54) is 15.6 Å². The van der Waals surface area contributed by atoms with Crippen molar-refractivity contribution in [3.63, 3.8) is 0 Å². The van der Waals surface area contributed by atoms with Crippen LogP contribution in [-0.4, -0.2) is 36.0 Å². The molecule has 0 radical (unpaired) electrons. The van der Waals surface area contributed by atoms with Crippen LogP contribution in [0.1, 0.15) is 25.7 Å². The van der Waals surface area contributed by atoms with Crippen LogP contribution in [0, 0.1) is 11.3 Å². The highest BCUT2D eigenvalue weighted by Gasteiger charge is 2.35. The number of nitriles is 1. The van der Waals surface area contributed by atoms with Crippen LogP contribution < -0.4 is 10.9 Å². The average Bonchev–Trinajstić information content (AvgIpc) is 3.32. The molecule has 136 valence electrons. The molecule has 0 atom stereocenters. The van der Waals surface area contributed by atoms with Crippen LogP contribution in [0.15, 0.2) is 41.5 Å². The van der Waals surface area contributed by atoms with Crippen molar-refractivity contribution in [1.82, 2.24) is 29.9 Å². The normalized spacial score (nSPS) is 15.5. The van der Waals surface area contributed by atoms with Crippen LogP contribution in [0.25, 0.3) is 16.9 Å². The predicted octanol–water partition coefficient (Wildman–Crippen LogP) is 0.930. The maximum Gasteiger partial charge on any atom is 0.284 e. The van der Waals surface area contributed by atoms with Crippen LogP contribution >= 0.6 is 0 Å². The summed E-state index contributed by atoms with van der Waals surface area (Å²) in [6.45, 7) is -0.219. The number of carbonyl (C=O) groups excluding carboxylic acids is 1. The number of nitrogens with zero attached hydrogens (tertiary/aromatic N) is 6. The number of nitrogens with one attached hydrogen (secondary N) is 1. The zero-order valence-corrected chi connectivity index (χ0v) is 14.5. The van der Waals surface area contributed by atoms with E-state index in [-0.39, 0.29) is 12.1 Å². The quantitative estimate of drug-likeness (QED) is 0.736. The highest BCUT2D eigenvalue weighted by Crippen LogP contribution is 2.28. The lowest BCUT2D eigenvalue weighted by molar-refractivity contribution is -0.123. The van der Waals surface area contributed by atoms with Gasteiger partial charge in [0.05, 0.1) is 11.8 Å². The fourth-order valence-corrected chi connectivity index (χ4v) is 3.40. The van der Waals surface area contributed by atoms with Gasteiger partial charge in [-0.3, -0.25) is 14.2 Å². The Hall–Kier alpha value is -3.54. The Labute approximate surface area is 154 Å². The molecule has 0 saturated heterocycles. The van der Waals surface area contributed by atoms with Crippen LogP contribution in [0.2, 0.25) is 0 Å². The zero-order valence-electron chi connectivity index (χ0n) is 14.5. The summed E-state index contributed by atoms with van der Waals surface area (Å²) in [6.07, 6.45) is 4.38. The van der Waals surface area contributed by atoms with E-state index in [4.69, 9.17) is 0 Å². The molecular weight excluding hydrogens is 346 g/mol. The van der Waals surface area contributed by atoms with Gasteiger partial charge in [0.2, 0.25) is 5.91 Å². The minimum absolute atomic E-state index is 0.0880. The van der Waals surface area contributed by atoms with Gasteiger partial charge in [-0.2, -0.15) is 9.94 Å². The standard InChI is InChI=1S/C18H17N7O2/c19-11-18(8-4-5-9-18)21-14(26)10-24-12-20-16-15(17(24)27)22-23-25(16)13-6-2-1-3-7-13/h1-3,6-7,12H,4-5,8-10H2,(H,21,26). The van der Waals surface area contributed by atoms with Crippen molar-refractivity contribution in [2.75, 3.05) is 0 Å². The monoisotopic (exact) mass is 363 g/mol. The molecule has 27 heavy (non-hydrogen) atoms. The Morgan fingerprint density at radius 1 is 1.26 bits per heavy atom. The maximum absolute atomic E-state index is 12.7. The number of fused-ring (bicyclic) bond motifs is 1. The largest absolute Gasteiger partial charge is 0.336 e. The van der Waals surface area contributed by atoms with Gasteiger partial charge in [0.15, 0.2) is 11.2 Å². The molecule has 0 unspecified atom stereocenters. The van der Waals surface area contributed by atoms with Crippen molar-refractivity contribution in [3.05, 3.63) is 47.0 Å². The molecule has 9 nitrogen and oxygen atoms in total. The molecule has 4 rings (SSSR count). The number of para-hydroxylation sites is 1. The molecule has 1 aromatic carbocycles. The molecule has 0 spiro atoms. The van der Waals surface area contributed by atoms with Crippen LogP contribution in [0.3, 0.4) is 0 Å². The molecule has 9 heteroatoms. The highest BCUT2D eigenvalue weighted by atomic mass is 16.2. The summed E-state index contributed by atoms with van der Waals surface area (Å²) in [6, 6.07) is 11.4. The van der Waals surface area contributed by atoms with Crippen molar-refractivity contribution in [1.29, 1.82) is 5.26 Å². The minimum atomic E-state index is -0.825. The number of amides is 1. The van der Waals surface area contributed by atoms with Crippen molar-refractivity contribution >= 4 is 17.1 Å². The second-order valence-corrected chi connectivity index (χ2v) is 6.64. The van der Waals surface area contributed by atoms with E-state index in [9.17, 15) is 14.9 Å². The molecule has 1 aliphatic rings. The number of rotatable bonds is 4. The number of benzene rings is 1. The average molecular weight is 363 g/mol. The molecule has 2 heterocycles. The minimum Gasteiger partial charge on any atom is -0.336 e. The third kappa shape index (κ3) is 3.06. The van der Waals surface area contributed by atoms with Crippen molar-refractivity contribution in [3.8, 4) is 11.8 Å². The zero-order chi connectivity index (χ0) is 18.9. The third-order valence-corrected chi connectivity index (χ3v) is 4.79. The lowest BCUT2D eigenvalue weighted by Crippen LogP contribution is -2.47. The van der Waals surface area contributed by atoms with Gasteiger partial charge in [0.1, 0.15) is 18.4 Å². The van der Waals surface area contributed by atoms with E-state index in [0.717, 1.165) is 18.5 Å². The number of hydrogen-bond acceptors (Lipinski definition) is 6. The van der Waals surface area contributed by atoms with Crippen molar-refractivity contribution in [2.24, 2.45) is 0 Å². The Morgan fingerprint density at radius 2 is 2.00 bits per heavy atom. The summed E-state index contributed by atoms with van der Waals surface area (Å²) in [7, 11) is 0. The van der Waals surface area contributed by atoms with E-state index in [1.807, 2.05) is 30.3 Å². The second kappa shape index (κ2) is 6.64. The second-order valence-electron chi connectivity index (χ2n) is 6.64. The molecule has 1 fully saturated rings. The first-order chi connectivity index (χ1) is 13.1. The Kier molecular flexibility index (Phi) is 4.16. The van der Waals surface area contributed by atoms with Gasteiger partial charge in [0.25, 0.3) is 5.56 Å². The number of aromatic nitrogens is 5. The van der Waals surface area contributed by atoms with Crippen molar-refractivity contribution in [2.45, 2.75) is 37.8 Å². The molecule has 3 aromatic rings. The van der Waals surface area contributed by atoms with E-state index < -0.39 is 17.0 Å². The lowest BCUT2D eigenvalue weighted by Gasteiger charge is -2.22. The first-order valence-corrected chi connectivity index (χ1v) is 8.70. The van der Waals surface area contributed by atoms with Gasteiger partial charge in [-0.15, -0.1) is 5.10 Å². The molecule has 2 aromatic heterocycles. The van der Waals surface area contributed by atoms with Gasteiger partial charge in [-0.05, 0) is 37.8 Å². The molecular formula is C18H17N7O2. The van der Waals surface area contributed by atoms with Gasteiger partial charge in [0, 0.05) is 0 Å². The van der Waals surface area contributed by atoms with E-state index in [0.29, 0.717) is 18.5 Å². The molecule has 1 amide bonds. The molecule has 0 bridgehead atoms. The third-order valence-electron chi connectivity index (χ3n) is 4.79. The van der Waals surface area contributed by atoms with Crippen LogP contribution in [-0.2, 0) is 11.3 Å². The Morgan fingerprint density at radius 3 is 2.70 bits per heavy atom. The summed E-state index contributed by atoms with van der Waals surface area (Å²) >= 11 is 0. The summed E-state index contributed by atoms with van der Waals surface area (Å²) in [5, 5.41) is 20.1. The first kappa shape index (κ1) is 16.9. The summed E-state index contributed by atoms with van der Waals surface area (Å²) in [5.41, 5.74) is -0.124. The van der Waals surface area contributed by atoms with Gasteiger partial charge >= 0.3 is 0 Å². The predicted molar refractivity (Wildman–Crippen MR) is 95.9 cm³/mol. The van der Waals surface area contributed by atoms with Gasteiger partial charge < -0.3 is 5.32 Å². The topological polar surface area (TPSA) is 118 Å². The molecule has 1 aliphatic carbocycles. The van der Waals surface area contributed by atoms with Crippen LogP contribution in [0.5, 0.6) is 0 Å². The number of hydrogen-bond donors (Lipinski definition) is 1. The highest BCUT2D eigenvalue weighted by molar-refractivity contribution is 5.78. The van der Waals surface area contributed by atoms with Gasteiger partial charge in [-0.25, -0.2) is 4.98 Å². The summed E-state index contributed by atoms with van der Waals surface area (Å²) in [5.74, 6) is -0.392. The fraction of sp³-hybridized carbons (Fsp3) is 0.333. The van der Waals surface area contributed by atoms with Gasteiger partial charge in [-0.1, -0.05) is 23.4 Å². The van der Waals surface area contributed by atoms with Crippen LogP contribution in [0.4, 0.5) is 0 Å². The number of carbonyl (C=O) groups is 1. The smallest absolute Gasteiger partial charge is 0.284 e.